The first-order valence-electron chi connectivity index (χ1n) is 5.44. The number of likely N-dealkylation sites (tertiary alicyclic amines) is 1. The highest BCUT2D eigenvalue weighted by atomic mass is 35.5. The Labute approximate surface area is 111 Å². The molecule has 1 amide bonds. The van der Waals surface area contributed by atoms with Crippen LogP contribution in [0.2, 0.25) is 5.15 Å². The molecule has 2 rings (SSSR count). The Morgan fingerprint density at radius 2 is 2.37 bits per heavy atom. The molecule has 0 bridgehead atoms. The quantitative estimate of drug-likeness (QED) is 0.664. The van der Waals surface area contributed by atoms with Gasteiger partial charge in [0.2, 0.25) is 5.15 Å². The van der Waals surface area contributed by atoms with Gasteiger partial charge in [-0.25, -0.2) is 13.9 Å². The van der Waals surface area contributed by atoms with Crippen LogP contribution in [0.5, 0.6) is 0 Å². The normalized spacial score (nSPS) is 23.4. The van der Waals surface area contributed by atoms with Gasteiger partial charge in [-0.15, -0.1) is 0 Å². The van der Waals surface area contributed by atoms with Gasteiger partial charge in [0.05, 0.1) is 4.92 Å². The minimum atomic E-state index is -1.51. The largest absolute Gasteiger partial charge is 0.465 e. The standard InChI is InChI=1S/C9H10ClFN4O4/c10-7-6(15(18)19)4-12-14(7)8-5(11)2-1-3-13(8)9(16)17/h4-5,8H,1-3H2,(H,16,17). The smallest absolute Gasteiger partial charge is 0.409 e. The van der Waals surface area contributed by atoms with Crippen LogP contribution >= 0.6 is 11.6 Å². The highest BCUT2D eigenvalue weighted by molar-refractivity contribution is 6.31. The molecule has 2 unspecified atom stereocenters. The van der Waals surface area contributed by atoms with Gasteiger partial charge in [-0.2, -0.15) is 5.10 Å². The van der Waals surface area contributed by atoms with Crippen molar-refractivity contribution >= 4 is 23.4 Å². The number of rotatable bonds is 2. The summed E-state index contributed by atoms with van der Waals surface area (Å²) in [4.78, 5) is 21.8. The van der Waals surface area contributed by atoms with Gasteiger partial charge in [0.25, 0.3) is 0 Å². The zero-order valence-electron chi connectivity index (χ0n) is 9.57. The zero-order valence-corrected chi connectivity index (χ0v) is 10.3. The summed E-state index contributed by atoms with van der Waals surface area (Å²) in [6.07, 6.45) is -2.69. The number of carbonyl (C=O) groups is 1. The Morgan fingerprint density at radius 1 is 1.68 bits per heavy atom. The number of hydrogen-bond acceptors (Lipinski definition) is 4. The first-order chi connectivity index (χ1) is 8.93. The van der Waals surface area contributed by atoms with E-state index in [2.05, 4.69) is 5.10 Å². The van der Waals surface area contributed by atoms with Gasteiger partial charge < -0.3 is 5.11 Å². The van der Waals surface area contributed by atoms with Crippen LogP contribution < -0.4 is 0 Å². The molecule has 1 saturated heterocycles. The summed E-state index contributed by atoms with van der Waals surface area (Å²) in [5.41, 5.74) is -0.482. The van der Waals surface area contributed by atoms with E-state index in [9.17, 15) is 19.3 Å². The van der Waals surface area contributed by atoms with Crippen LogP contribution in [0.4, 0.5) is 14.9 Å². The third kappa shape index (κ3) is 2.33. The van der Waals surface area contributed by atoms with Crippen molar-refractivity contribution < 1.29 is 19.2 Å². The van der Waals surface area contributed by atoms with E-state index in [1.165, 1.54) is 0 Å². The molecular formula is C9H10ClFN4O4. The first-order valence-corrected chi connectivity index (χ1v) is 5.82. The van der Waals surface area contributed by atoms with E-state index in [4.69, 9.17) is 16.7 Å². The van der Waals surface area contributed by atoms with E-state index < -0.39 is 29.0 Å². The second kappa shape index (κ2) is 5.00. The van der Waals surface area contributed by atoms with Crippen LogP contribution in [0.3, 0.4) is 0 Å². The predicted octanol–water partition coefficient (Wildman–Crippen LogP) is 2.06. The molecule has 0 radical (unpaired) electrons. The first kappa shape index (κ1) is 13.5. The number of carboxylic acid groups (broad SMARTS) is 1. The molecule has 2 atom stereocenters. The Morgan fingerprint density at radius 3 is 2.89 bits per heavy atom. The fourth-order valence-corrected chi connectivity index (χ4v) is 2.33. The lowest BCUT2D eigenvalue weighted by Gasteiger charge is -2.35. The molecular weight excluding hydrogens is 283 g/mol. The fourth-order valence-electron chi connectivity index (χ4n) is 2.07. The maximum atomic E-state index is 13.9. The van der Waals surface area contributed by atoms with Crippen molar-refractivity contribution in [1.82, 2.24) is 14.7 Å². The molecule has 0 spiro atoms. The van der Waals surface area contributed by atoms with Crippen molar-refractivity contribution in [3.63, 3.8) is 0 Å². The number of alkyl halides is 1. The molecule has 0 aliphatic carbocycles. The summed E-state index contributed by atoms with van der Waals surface area (Å²) < 4.78 is 14.8. The highest BCUT2D eigenvalue weighted by Gasteiger charge is 2.39. The van der Waals surface area contributed by atoms with Crippen molar-refractivity contribution in [1.29, 1.82) is 0 Å². The average Bonchev–Trinajstić information content (AvgIpc) is 2.70. The van der Waals surface area contributed by atoms with Gasteiger partial charge in [0.15, 0.2) is 6.17 Å². The van der Waals surface area contributed by atoms with E-state index in [1.807, 2.05) is 0 Å². The number of piperidine rings is 1. The molecule has 1 aliphatic heterocycles. The number of amides is 1. The van der Waals surface area contributed by atoms with Crippen molar-refractivity contribution in [2.24, 2.45) is 0 Å². The molecule has 1 aliphatic rings. The van der Waals surface area contributed by atoms with Gasteiger partial charge >= 0.3 is 11.8 Å². The Hall–Kier alpha value is -1.90. The summed E-state index contributed by atoms with van der Waals surface area (Å²) in [6.45, 7) is 0.129. The number of hydrogen-bond donors (Lipinski definition) is 1. The molecule has 1 aromatic heterocycles. The van der Waals surface area contributed by atoms with Crippen LogP contribution in [0.15, 0.2) is 6.20 Å². The molecule has 104 valence electrons. The van der Waals surface area contributed by atoms with Crippen LogP contribution in [0.1, 0.15) is 19.0 Å². The summed E-state index contributed by atoms with van der Waals surface area (Å²) in [6, 6.07) is 0. The van der Waals surface area contributed by atoms with E-state index in [1.54, 1.807) is 0 Å². The average molecular weight is 293 g/mol. The highest BCUT2D eigenvalue weighted by Crippen LogP contribution is 2.34. The van der Waals surface area contributed by atoms with Gasteiger partial charge in [0.1, 0.15) is 12.4 Å². The number of nitro groups is 1. The van der Waals surface area contributed by atoms with Crippen molar-refractivity contribution in [2.45, 2.75) is 25.2 Å². The summed E-state index contributed by atoms with van der Waals surface area (Å²) >= 11 is 5.76. The molecule has 1 fully saturated rings. The van der Waals surface area contributed by atoms with Crippen molar-refractivity contribution in [3.8, 4) is 0 Å². The molecule has 0 saturated carbocycles. The number of nitrogens with zero attached hydrogens (tertiary/aromatic N) is 4. The third-order valence-electron chi connectivity index (χ3n) is 2.93. The Kier molecular flexibility index (Phi) is 3.56. The molecule has 8 nitrogen and oxygen atoms in total. The summed E-state index contributed by atoms with van der Waals surface area (Å²) in [5.74, 6) is 0. The molecule has 1 N–H and O–H groups in total. The lowest BCUT2D eigenvalue weighted by atomic mass is 10.1. The number of halogens is 2. The van der Waals surface area contributed by atoms with Crippen molar-refractivity contribution in [2.75, 3.05) is 6.54 Å². The maximum absolute atomic E-state index is 13.9. The fraction of sp³-hybridized carbons (Fsp3) is 0.556. The second-order valence-corrected chi connectivity index (χ2v) is 4.43. The summed E-state index contributed by atoms with van der Waals surface area (Å²) in [7, 11) is 0. The zero-order chi connectivity index (χ0) is 14.2. The topological polar surface area (TPSA) is 102 Å². The van der Waals surface area contributed by atoms with E-state index in [-0.39, 0.29) is 18.1 Å². The van der Waals surface area contributed by atoms with Gasteiger partial charge in [-0.3, -0.25) is 15.0 Å². The predicted molar refractivity (Wildman–Crippen MR) is 61.8 cm³/mol. The van der Waals surface area contributed by atoms with E-state index >= 15 is 0 Å². The SMILES string of the molecule is O=C(O)N1CCCC(F)C1n1ncc([N+](=O)[O-])c1Cl. The molecule has 0 aromatic carbocycles. The molecule has 1 aromatic rings. The van der Waals surface area contributed by atoms with E-state index in [0.717, 1.165) is 15.8 Å². The molecule has 19 heavy (non-hydrogen) atoms. The molecule has 2 heterocycles. The van der Waals surface area contributed by atoms with Crippen LogP contribution in [-0.2, 0) is 0 Å². The lowest BCUT2D eigenvalue weighted by molar-refractivity contribution is -0.384. The molecule has 10 heteroatoms. The minimum Gasteiger partial charge on any atom is -0.465 e. The van der Waals surface area contributed by atoms with Gasteiger partial charge in [0, 0.05) is 6.54 Å². The third-order valence-corrected chi connectivity index (χ3v) is 3.30. The van der Waals surface area contributed by atoms with Gasteiger partial charge in [-0.05, 0) is 12.8 Å². The van der Waals surface area contributed by atoms with Gasteiger partial charge in [-0.1, -0.05) is 11.6 Å². The van der Waals surface area contributed by atoms with Crippen LogP contribution in [0.25, 0.3) is 0 Å². The Balaban J connectivity index is 2.41. The van der Waals surface area contributed by atoms with E-state index in [0.29, 0.717) is 6.42 Å². The Bertz CT molecular complexity index is 522. The maximum Gasteiger partial charge on any atom is 0.409 e. The van der Waals surface area contributed by atoms with Crippen LogP contribution in [-0.4, -0.2) is 43.5 Å². The minimum absolute atomic E-state index is 0.129. The van der Waals surface area contributed by atoms with Crippen molar-refractivity contribution in [3.05, 3.63) is 21.5 Å². The lowest BCUT2D eigenvalue weighted by Crippen LogP contribution is -2.46. The summed E-state index contributed by atoms with van der Waals surface area (Å²) in [5, 5.41) is 23.0. The van der Waals surface area contributed by atoms with Crippen LogP contribution in [0, 0.1) is 10.1 Å². The second-order valence-electron chi connectivity index (χ2n) is 4.07. The number of aromatic nitrogens is 2. The monoisotopic (exact) mass is 292 g/mol.